The van der Waals surface area contributed by atoms with Gasteiger partial charge >= 0.3 is 0 Å². The van der Waals surface area contributed by atoms with Crippen LogP contribution in [0.3, 0.4) is 0 Å². The lowest BCUT2D eigenvalue weighted by molar-refractivity contribution is 0.0184. The van der Waals surface area contributed by atoms with E-state index in [1.165, 1.54) is 11.1 Å². The van der Waals surface area contributed by atoms with Crippen LogP contribution in [-0.2, 0) is 16.8 Å². The fourth-order valence-electron chi connectivity index (χ4n) is 2.13. The van der Waals surface area contributed by atoms with Gasteiger partial charge in [-0.3, -0.25) is 0 Å². The third-order valence-corrected chi connectivity index (χ3v) is 2.83. The number of hydroxylamine groups is 1. The van der Waals surface area contributed by atoms with Gasteiger partial charge < -0.3 is 4.84 Å². The quantitative estimate of drug-likeness (QED) is 0.698. The molecule has 0 saturated carbocycles. The van der Waals surface area contributed by atoms with E-state index < -0.39 is 0 Å². The highest BCUT2D eigenvalue weighted by molar-refractivity contribution is 5.37. The molecule has 0 fully saturated rings. The first kappa shape index (κ1) is 8.73. The second-order valence-electron chi connectivity index (χ2n) is 3.80. The molecule has 1 aromatic carbocycles. The summed E-state index contributed by atoms with van der Waals surface area (Å²) in [7, 11) is 1.67. The Bertz CT molecular complexity index is 307. The lowest BCUT2D eigenvalue weighted by Crippen LogP contribution is -2.36. The summed E-state index contributed by atoms with van der Waals surface area (Å²) in [5.74, 6) is 0. The van der Waals surface area contributed by atoms with Gasteiger partial charge in [0.2, 0.25) is 0 Å². The van der Waals surface area contributed by atoms with E-state index in [4.69, 9.17) is 4.84 Å². The molecule has 1 aliphatic rings. The van der Waals surface area contributed by atoms with Crippen molar-refractivity contribution < 1.29 is 4.84 Å². The molecule has 0 bridgehead atoms. The van der Waals surface area contributed by atoms with E-state index in [2.05, 4.69) is 36.7 Å². The van der Waals surface area contributed by atoms with E-state index in [1.54, 1.807) is 7.11 Å². The van der Waals surface area contributed by atoms with Gasteiger partial charge in [-0.2, -0.15) is 5.48 Å². The number of hydrogen-bond donors (Lipinski definition) is 1. The molecule has 2 nitrogen and oxygen atoms in total. The van der Waals surface area contributed by atoms with Gasteiger partial charge in [0.15, 0.2) is 0 Å². The van der Waals surface area contributed by atoms with Crippen LogP contribution in [0, 0.1) is 0 Å². The maximum Gasteiger partial charge on any atom is 0.0658 e. The van der Waals surface area contributed by atoms with E-state index in [0.29, 0.717) is 0 Å². The third kappa shape index (κ3) is 1.36. The van der Waals surface area contributed by atoms with Crippen LogP contribution < -0.4 is 5.48 Å². The number of rotatable bonds is 2. The second kappa shape index (κ2) is 3.13. The summed E-state index contributed by atoms with van der Waals surface area (Å²) in [4.78, 5) is 5.04. The van der Waals surface area contributed by atoms with E-state index in [1.807, 2.05) is 0 Å². The number of aryl methyl sites for hydroxylation is 1. The average molecular weight is 177 g/mol. The molecule has 1 aromatic rings. The highest BCUT2D eigenvalue weighted by Gasteiger charge is 2.33. The standard InChI is InChI=1S/C11H15NO/c1-11(12-13-2)8-7-9-5-3-4-6-10(9)11/h3-6,12H,7-8H2,1-2H3. The number of nitrogens with one attached hydrogen (secondary N) is 1. The van der Waals surface area contributed by atoms with Crippen LogP contribution in [-0.4, -0.2) is 7.11 Å². The molecule has 0 spiro atoms. The molecule has 0 heterocycles. The molecule has 0 aliphatic heterocycles. The molecule has 0 amide bonds. The molecular formula is C11H15NO. The Morgan fingerprint density at radius 1 is 1.38 bits per heavy atom. The van der Waals surface area contributed by atoms with Crippen LogP contribution in [0.25, 0.3) is 0 Å². The van der Waals surface area contributed by atoms with E-state index in [9.17, 15) is 0 Å². The summed E-state index contributed by atoms with van der Waals surface area (Å²) in [5, 5.41) is 0. The molecule has 0 saturated heterocycles. The minimum Gasteiger partial charge on any atom is -0.304 e. The smallest absolute Gasteiger partial charge is 0.0658 e. The lowest BCUT2D eigenvalue weighted by Gasteiger charge is -2.25. The van der Waals surface area contributed by atoms with Crippen molar-refractivity contribution in [2.75, 3.05) is 7.11 Å². The Hall–Kier alpha value is -0.860. The van der Waals surface area contributed by atoms with Gasteiger partial charge in [-0.25, -0.2) is 0 Å². The Morgan fingerprint density at radius 3 is 2.92 bits per heavy atom. The van der Waals surface area contributed by atoms with Crippen molar-refractivity contribution in [1.29, 1.82) is 0 Å². The summed E-state index contributed by atoms with van der Waals surface area (Å²) < 4.78 is 0. The first-order valence-electron chi connectivity index (χ1n) is 4.65. The Labute approximate surface area is 78.9 Å². The van der Waals surface area contributed by atoms with E-state index in [0.717, 1.165) is 12.8 Å². The highest BCUT2D eigenvalue weighted by atomic mass is 16.6. The summed E-state index contributed by atoms with van der Waals surface area (Å²) in [5.41, 5.74) is 5.89. The zero-order valence-electron chi connectivity index (χ0n) is 8.13. The van der Waals surface area contributed by atoms with Gasteiger partial charge in [-0.1, -0.05) is 24.3 Å². The predicted molar refractivity (Wildman–Crippen MR) is 52.3 cm³/mol. The lowest BCUT2D eigenvalue weighted by atomic mass is 9.95. The molecular weight excluding hydrogens is 162 g/mol. The average Bonchev–Trinajstić information content (AvgIpc) is 2.46. The maximum atomic E-state index is 5.04. The Kier molecular flexibility index (Phi) is 2.10. The molecule has 0 aromatic heterocycles. The minimum atomic E-state index is 0.00530. The second-order valence-corrected chi connectivity index (χ2v) is 3.80. The summed E-state index contributed by atoms with van der Waals surface area (Å²) >= 11 is 0. The van der Waals surface area contributed by atoms with Gasteiger partial charge in [-0.15, -0.1) is 0 Å². The van der Waals surface area contributed by atoms with Gasteiger partial charge in [0.25, 0.3) is 0 Å². The fourth-order valence-corrected chi connectivity index (χ4v) is 2.13. The molecule has 70 valence electrons. The first-order chi connectivity index (χ1) is 6.26. The topological polar surface area (TPSA) is 21.3 Å². The van der Waals surface area contributed by atoms with Crippen LogP contribution >= 0.6 is 0 Å². The minimum absolute atomic E-state index is 0.00530. The van der Waals surface area contributed by atoms with Crippen LogP contribution in [0.1, 0.15) is 24.5 Å². The SMILES string of the molecule is CONC1(C)CCc2ccccc21. The molecule has 0 radical (unpaired) electrons. The maximum absolute atomic E-state index is 5.04. The van der Waals surface area contributed by atoms with Gasteiger partial charge in [0, 0.05) is 0 Å². The normalized spacial score (nSPS) is 26.0. The summed E-state index contributed by atoms with van der Waals surface area (Å²) in [6, 6.07) is 8.55. The van der Waals surface area contributed by atoms with Crippen molar-refractivity contribution in [3.05, 3.63) is 35.4 Å². The molecule has 2 heteroatoms. The summed E-state index contributed by atoms with van der Waals surface area (Å²) in [6.07, 6.45) is 2.25. The number of fused-ring (bicyclic) bond motifs is 1. The van der Waals surface area contributed by atoms with Crippen LogP contribution in [0.15, 0.2) is 24.3 Å². The number of benzene rings is 1. The largest absolute Gasteiger partial charge is 0.304 e. The van der Waals surface area contributed by atoms with Crippen molar-refractivity contribution in [2.24, 2.45) is 0 Å². The molecule has 1 unspecified atom stereocenters. The summed E-state index contributed by atoms with van der Waals surface area (Å²) in [6.45, 7) is 2.18. The third-order valence-electron chi connectivity index (χ3n) is 2.83. The molecule has 1 aliphatic carbocycles. The van der Waals surface area contributed by atoms with Crippen LogP contribution in [0.4, 0.5) is 0 Å². The zero-order valence-corrected chi connectivity index (χ0v) is 8.13. The Morgan fingerprint density at radius 2 is 2.15 bits per heavy atom. The van der Waals surface area contributed by atoms with Crippen molar-refractivity contribution >= 4 is 0 Å². The molecule has 13 heavy (non-hydrogen) atoms. The van der Waals surface area contributed by atoms with Crippen molar-refractivity contribution in [2.45, 2.75) is 25.3 Å². The fraction of sp³-hybridized carbons (Fsp3) is 0.455. The monoisotopic (exact) mass is 177 g/mol. The molecule has 2 rings (SSSR count). The van der Waals surface area contributed by atoms with E-state index >= 15 is 0 Å². The van der Waals surface area contributed by atoms with Gasteiger partial charge in [-0.05, 0) is 30.9 Å². The predicted octanol–water partition coefficient (Wildman–Crippen LogP) is 2.00. The molecule has 1 atom stereocenters. The Balaban J connectivity index is 2.37. The highest BCUT2D eigenvalue weighted by Crippen LogP contribution is 2.35. The zero-order chi connectivity index (χ0) is 9.31. The van der Waals surface area contributed by atoms with Crippen molar-refractivity contribution in [3.8, 4) is 0 Å². The van der Waals surface area contributed by atoms with E-state index in [-0.39, 0.29) is 5.54 Å². The van der Waals surface area contributed by atoms with Crippen LogP contribution in [0.2, 0.25) is 0 Å². The van der Waals surface area contributed by atoms with Crippen molar-refractivity contribution in [1.82, 2.24) is 5.48 Å². The van der Waals surface area contributed by atoms with Gasteiger partial charge in [0.05, 0.1) is 12.6 Å². The number of hydrogen-bond acceptors (Lipinski definition) is 2. The first-order valence-corrected chi connectivity index (χ1v) is 4.65. The molecule has 1 N–H and O–H groups in total. The van der Waals surface area contributed by atoms with Crippen LogP contribution in [0.5, 0.6) is 0 Å². The van der Waals surface area contributed by atoms with Crippen molar-refractivity contribution in [3.63, 3.8) is 0 Å². The van der Waals surface area contributed by atoms with Gasteiger partial charge in [0.1, 0.15) is 0 Å².